The molecule has 1 aromatic heterocycles. The van der Waals surface area contributed by atoms with Crippen LogP contribution in [0, 0.1) is 0 Å². The molecule has 1 N–H and O–H groups in total. The molecule has 0 fully saturated rings. The standard InChI is InChI=1S/C17H19NO8/c1-22-11-7-5-10(6-8-11)9-18-15(20)13(26-17(21)25-4)12(19)14(23-2)16(18)24-3/h5-8,19H,9H2,1-4H3. The Morgan fingerprint density at radius 1 is 1.00 bits per heavy atom. The van der Waals surface area contributed by atoms with Crippen LogP contribution in [0.4, 0.5) is 4.79 Å². The van der Waals surface area contributed by atoms with E-state index in [1.54, 1.807) is 31.4 Å². The minimum atomic E-state index is -1.15. The van der Waals surface area contributed by atoms with Crippen molar-refractivity contribution in [1.82, 2.24) is 4.57 Å². The van der Waals surface area contributed by atoms with Crippen LogP contribution in [0.3, 0.4) is 0 Å². The summed E-state index contributed by atoms with van der Waals surface area (Å²) in [4.78, 5) is 24.1. The average Bonchev–Trinajstić information content (AvgIpc) is 2.67. The maximum Gasteiger partial charge on any atom is 0.513 e. The van der Waals surface area contributed by atoms with Gasteiger partial charge in [-0.05, 0) is 17.7 Å². The number of ether oxygens (including phenoxy) is 5. The van der Waals surface area contributed by atoms with Crippen LogP contribution < -0.4 is 24.5 Å². The molecular formula is C17H19NO8. The Bertz CT molecular complexity index is 841. The summed E-state index contributed by atoms with van der Waals surface area (Å²) >= 11 is 0. The van der Waals surface area contributed by atoms with E-state index < -0.39 is 23.2 Å². The van der Waals surface area contributed by atoms with Gasteiger partial charge in [0.15, 0.2) is 0 Å². The second-order valence-corrected chi connectivity index (χ2v) is 5.02. The first-order valence-electron chi connectivity index (χ1n) is 7.43. The molecule has 2 rings (SSSR count). The maximum absolute atomic E-state index is 12.7. The van der Waals surface area contributed by atoms with Crippen LogP contribution in [0.15, 0.2) is 29.1 Å². The Morgan fingerprint density at radius 3 is 2.15 bits per heavy atom. The molecule has 0 saturated carbocycles. The lowest BCUT2D eigenvalue weighted by atomic mass is 10.2. The van der Waals surface area contributed by atoms with Gasteiger partial charge in [-0.1, -0.05) is 12.1 Å². The van der Waals surface area contributed by atoms with E-state index in [0.29, 0.717) is 5.75 Å². The fourth-order valence-corrected chi connectivity index (χ4v) is 2.30. The number of methoxy groups -OCH3 is 4. The van der Waals surface area contributed by atoms with Gasteiger partial charge in [-0.25, -0.2) is 4.79 Å². The third-order valence-corrected chi connectivity index (χ3v) is 3.56. The van der Waals surface area contributed by atoms with Crippen molar-refractivity contribution in [2.75, 3.05) is 28.4 Å². The molecule has 0 unspecified atom stereocenters. The molecule has 1 aromatic carbocycles. The van der Waals surface area contributed by atoms with Crippen molar-refractivity contribution in [1.29, 1.82) is 0 Å². The largest absolute Gasteiger partial charge is 0.513 e. The Balaban J connectivity index is 2.59. The number of rotatable bonds is 6. The van der Waals surface area contributed by atoms with Crippen molar-refractivity contribution >= 4 is 6.16 Å². The maximum atomic E-state index is 12.7. The zero-order chi connectivity index (χ0) is 19.3. The lowest BCUT2D eigenvalue weighted by molar-refractivity contribution is 0.118. The molecule has 9 heteroatoms. The highest BCUT2D eigenvalue weighted by Crippen LogP contribution is 2.41. The molecule has 0 atom stereocenters. The van der Waals surface area contributed by atoms with E-state index in [1.807, 2.05) is 0 Å². The summed E-state index contributed by atoms with van der Waals surface area (Å²) in [5.41, 5.74) is -0.0515. The zero-order valence-corrected chi connectivity index (χ0v) is 14.8. The Kier molecular flexibility index (Phi) is 5.94. The molecule has 0 radical (unpaired) electrons. The molecule has 9 nitrogen and oxygen atoms in total. The van der Waals surface area contributed by atoms with Gasteiger partial charge in [0.05, 0.1) is 35.0 Å². The summed E-state index contributed by atoms with van der Waals surface area (Å²) in [5, 5.41) is 10.2. The third kappa shape index (κ3) is 3.66. The highest BCUT2D eigenvalue weighted by molar-refractivity contribution is 5.67. The van der Waals surface area contributed by atoms with E-state index in [1.165, 1.54) is 18.8 Å². The first kappa shape index (κ1) is 19.0. The molecule has 0 aliphatic heterocycles. The molecule has 0 aliphatic carbocycles. The SMILES string of the molecule is COC(=O)Oc1c(O)c(OC)c(OC)n(Cc2ccc(OC)cc2)c1=O. The number of aromatic hydroxyl groups is 1. The molecule has 0 aliphatic rings. The van der Waals surface area contributed by atoms with Gasteiger partial charge in [-0.15, -0.1) is 0 Å². The van der Waals surface area contributed by atoms with Gasteiger partial charge < -0.3 is 28.8 Å². The van der Waals surface area contributed by atoms with Gasteiger partial charge in [0.1, 0.15) is 5.75 Å². The van der Waals surface area contributed by atoms with Crippen molar-refractivity contribution in [2.45, 2.75) is 6.54 Å². The van der Waals surface area contributed by atoms with Crippen molar-refractivity contribution in [3.63, 3.8) is 0 Å². The Hall–Kier alpha value is -3.36. The highest BCUT2D eigenvalue weighted by Gasteiger charge is 2.26. The second kappa shape index (κ2) is 8.15. The van der Waals surface area contributed by atoms with Gasteiger partial charge >= 0.3 is 11.7 Å². The van der Waals surface area contributed by atoms with E-state index in [2.05, 4.69) is 4.74 Å². The Labute approximate surface area is 149 Å². The van der Waals surface area contributed by atoms with Crippen LogP contribution in [-0.4, -0.2) is 44.3 Å². The van der Waals surface area contributed by atoms with Crippen LogP contribution in [-0.2, 0) is 11.3 Å². The Morgan fingerprint density at radius 2 is 1.65 bits per heavy atom. The molecule has 2 aromatic rings. The fourth-order valence-electron chi connectivity index (χ4n) is 2.30. The second-order valence-electron chi connectivity index (χ2n) is 5.02. The quantitative estimate of drug-likeness (QED) is 0.772. The van der Waals surface area contributed by atoms with E-state index >= 15 is 0 Å². The van der Waals surface area contributed by atoms with E-state index in [4.69, 9.17) is 18.9 Å². The number of carbonyl (C=O) groups excluding carboxylic acids is 1. The van der Waals surface area contributed by atoms with Crippen LogP contribution in [0.5, 0.6) is 28.9 Å². The predicted molar refractivity (Wildman–Crippen MR) is 90.6 cm³/mol. The molecule has 0 bridgehead atoms. The van der Waals surface area contributed by atoms with Crippen LogP contribution in [0.25, 0.3) is 0 Å². The summed E-state index contributed by atoms with van der Waals surface area (Å²) in [6, 6.07) is 6.97. The van der Waals surface area contributed by atoms with Gasteiger partial charge in [-0.3, -0.25) is 9.36 Å². The molecule has 0 spiro atoms. The molecule has 1 heterocycles. The van der Waals surface area contributed by atoms with Crippen LogP contribution >= 0.6 is 0 Å². The number of pyridine rings is 1. The summed E-state index contributed by atoms with van der Waals surface area (Å²) in [6.45, 7) is 0.0696. The van der Waals surface area contributed by atoms with Gasteiger partial charge in [0.25, 0.3) is 0 Å². The van der Waals surface area contributed by atoms with Crippen molar-refractivity contribution in [3.05, 3.63) is 40.2 Å². The normalized spacial score (nSPS) is 10.2. The van der Waals surface area contributed by atoms with Gasteiger partial charge in [0.2, 0.25) is 23.1 Å². The summed E-state index contributed by atoms with van der Waals surface area (Å²) in [6.07, 6.45) is -1.15. The monoisotopic (exact) mass is 365 g/mol. The van der Waals surface area contributed by atoms with Gasteiger partial charge in [0, 0.05) is 0 Å². The number of nitrogens with zero attached hydrogens (tertiary/aromatic N) is 1. The number of benzene rings is 1. The van der Waals surface area contributed by atoms with E-state index in [9.17, 15) is 14.7 Å². The van der Waals surface area contributed by atoms with Crippen LogP contribution in [0.2, 0.25) is 0 Å². The summed E-state index contributed by atoms with van der Waals surface area (Å²) < 4.78 is 25.7. The zero-order valence-electron chi connectivity index (χ0n) is 14.8. The minimum Gasteiger partial charge on any atom is -0.501 e. The lowest BCUT2D eigenvalue weighted by Gasteiger charge is -2.18. The lowest BCUT2D eigenvalue weighted by Crippen LogP contribution is -2.26. The minimum absolute atomic E-state index is 0.0250. The smallest absolute Gasteiger partial charge is 0.501 e. The average molecular weight is 365 g/mol. The number of hydrogen-bond acceptors (Lipinski definition) is 8. The number of aromatic nitrogens is 1. The topological polar surface area (TPSA) is 105 Å². The first-order chi connectivity index (χ1) is 12.5. The molecule has 140 valence electrons. The number of hydrogen-bond donors (Lipinski definition) is 1. The fraction of sp³-hybridized carbons (Fsp3) is 0.294. The molecule has 26 heavy (non-hydrogen) atoms. The van der Waals surface area contributed by atoms with Crippen molar-refractivity contribution < 1.29 is 33.6 Å². The van der Waals surface area contributed by atoms with Crippen molar-refractivity contribution in [3.8, 4) is 28.9 Å². The highest BCUT2D eigenvalue weighted by atomic mass is 16.7. The number of carbonyl (C=O) groups is 1. The van der Waals surface area contributed by atoms with Crippen LogP contribution in [0.1, 0.15) is 5.56 Å². The van der Waals surface area contributed by atoms with Gasteiger partial charge in [-0.2, -0.15) is 0 Å². The first-order valence-corrected chi connectivity index (χ1v) is 7.43. The molecular weight excluding hydrogens is 346 g/mol. The molecule has 0 saturated heterocycles. The summed E-state index contributed by atoms with van der Waals surface area (Å²) in [5.74, 6) is -0.803. The predicted octanol–water partition coefficient (Wildman–Crippen LogP) is 1.77. The molecule has 0 amide bonds. The van der Waals surface area contributed by atoms with E-state index in [-0.39, 0.29) is 18.2 Å². The third-order valence-electron chi connectivity index (χ3n) is 3.56. The summed E-state index contributed by atoms with van der Waals surface area (Å²) in [7, 11) is 5.23. The van der Waals surface area contributed by atoms with E-state index in [0.717, 1.165) is 12.7 Å². The van der Waals surface area contributed by atoms with Crippen molar-refractivity contribution in [2.24, 2.45) is 0 Å².